The van der Waals surface area contributed by atoms with Gasteiger partial charge in [0.05, 0.1) is 10.7 Å². The molecule has 1 aromatic rings. The maximum atomic E-state index is 11.9. The number of hydrogen-bond donors (Lipinski definition) is 1. The predicted octanol–water partition coefficient (Wildman–Crippen LogP) is 2.25. The Labute approximate surface area is 119 Å². The van der Waals surface area contributed by atoms with Crippen molar-refractivity contribution in [2.24, 2.45) is 21.1 Å². The van der Waals surface area contributed by atoms with Crippen molar-refractivity contribution < 1.29 is 4.79 Å². The van der Waals surface area contributed by atoms with E-state index in [0.29, 0.717) is 16.4 Å². The lowest BCUT2D eigenvalue weighted by Crippen LogP contribution is -2.37. The molecule has 6 nitrogen and oxygen atoms in total. The third-order valence-electron chi connectivity index (χ3n) is 2.44. The number of carbonyl (C=O) groups excluding carboxylic acids is 1. The predicted molar refractivity (Wildman–Crippen MR) is 76.5 cm³/mol. The Balaban J connectivity index is 2.21. The van der Waals surface area contributed by atoms with Gasteiger partial charge in [-0.2, -0.15) is 20.3 Å². The van der Waals surface area contributed by atoms with Crippen molar-refractivity contribution in [2.45, 2.75) is 13.0 Å². The molecule has 8 heteroatoms. The van der Waals surface area contributed by atoms with Crippen molar-refractivity contribution in [1.82, 2.24) is 5.01 Å². The summed E-state index contributed by atoms with van der Waals surface area (Å²) in [6.07, 6.45) is 0. The van der Waals surface area contributed by atoms with Crippen LogP contribution >= 0.6 is 23.8 Å². The average molecular weight is 296 g/mol. The summed E-state index contributed by atoms with van der Waals surface area (Å²) >= 11 is 10.7. The quantitative estimate of drug-likeness (QED) is 0.671. The number of rotatable bonds is 2. The molecule has 0 bridgehead atoms. The molecule has 1 amide bonds. The largest absolute Gasteiger partial charge is 0.374 e. The Morgan fingerprint density at radius 2 is 2.21 bits per heavy atom. The van der Waals surface area contributed by atoms with E-state index in [1.165, 1.54) is 0 Å². The second-order valence-electron chi connectivity index (χ2n) is 3.80. The molecular formula is C11H10ClN5OS. The molecule has 0 fully saturated rings. The Morgan fingerprint density at radius 1 is 1.53 bits per heavy atom. The maximum Gasteiger partial charge on any atom is 0.282 e. The van der Waals surface area contributed by atoms with Crippen molar-refractivity contribution in [3.05, 3.63) is 29.3 Å². The molecule has 98 valence electrons. The van der Waals surface area contributed by atoms with Crippen LogP contribution in [0.2, 0.25) is 5.02 Å². The number of halogens is 1. The van der Waals surface area contributed by atoms with Crippen molar-refractivity contribution in [1.29, 1.82) is 0 Å². The summed E-state index contributed by atoms with van der Waals surface area (Å²) in [5, 5.41) is 13.1. The minimum atomic E-state index is -0.808. The zero-order valence-corrected chi connectivity index (χ0v) is 11.5. The lowest BCUT2D eigenvalue weighted by atomic mass is 10.2. The standard InChI is InChI=1S/C11H10ClN5OS/c1-6-9(10(18)17(16-6)11(13)19)15-14-8-5-3-2-4-7(8)12/h2-5,9H,1H3,(H2,13,19)/t9-/m1/s1. The fourth-order valence-corrected chi connectivity index (χ4v) is 1.80. The van der Waals surface area contributed by atoms with E-state index in [9.17, 15) is 4.79 Å². The lowest BCUT2D eigenvalue weighted by molar-refractivity contribution is -0.126. The number of azo groups is 1. The van der Waals surface area contributed by atoms with Gasteiger partial charge < -0.3 is 5.73 Å². The van der Waals surface area contributed by atoms with Crippen LogP contribution in [0.25, 0.3) is 0 Å². The van der Waals surface area contributed by atoms with Gasteiger partial charge in [-0.1, -0.05) is 23.7 Å². The second-order valence-corrected chi connectivity index (χ2v) is 4.62. The molecular weight excluding hydrogens is 286 g/mol. The van der Waals surface area contributed by atoms with E-state index in [0.717, 1.165) is 5.01 Å². The van der Waals surface area contributed by atoms with Crippen LogP contribution in [0.15, 0.2) is 39.6 Å². The summed E-state index contributed by atoms with van der Waals surface area (Å²) in [4.78, 5) is 11.9. The van der Waals surface area contributed by atoms with Crippen LogP contribution in [0.1, 0.15) is 6.92 Å². The van der Waals surface area contributed by atoms with Gasteiger partial charge in [-0.25, -0.2) is 0 Å². The highest BCUT2D eigenvalue weighted by Crippen LogP contribution is 2.25. The molecule has 2 rings (SSSR count). The van der Waals surface area contributed by atoms with Crippen LogP contribution in [0.5, 0.6) is 0 Å². The number of hydrogen-bond acceptors (Lipinski definition) is 5. The minimum absolute atomic E-state index is 0.111. The zero-order chi connectivity index (χ0) is 14.0. The van der Waals surface area contributed by atoms with Crippen LogP contribution in [-0.2, 0) is 4.79 Å². The van der Waals surface area contributed by atoms with Gasteiger partial charge in [0, 0.05) is 0 Å². The van der Waals surface area contributed by atoms with Crippen molar-refractivity contribution in [2.75, 3.05) is 0 Å². The average Bonchev–Trinajstić information content (AvgIpc) is 2.65. The summed E-state index contributed by atoms with van der Waals surface area (Å²) in [7, 11) is 0. The topological polar surface area (TPSA) is 83.4 Å². The fraction of sp³-hybridized carbons (Fsp3) is 0.182. The molecule has 1 aliphatic heterocycles. The number of benzene rings is 1. The van der Waals surface area contributed by atoms with Gasteiger partial charge in [-0.05, 0) is 31.3 Å². The molecule has 1 atom stereocenters. The van der Waals surface area contributed by atoms with Gasteiger partial charge in [0.2, 0.25) is 0 Å². The highest BCUT2D eigenvalue weighted by molar-refractivity contribution is 7.80. The van der Waals surface area contributed by atoms with Crippen LogP contribution in [0.3, 0.4) is 0 Å². The first-order valence-electron chi connectivity index (χ1n) is 5.34. The Bertz CT molecular complexity index is 601. The van der Waals surface area contributed by atoms with Gasteiger partial charge in [0.15, 0.2) is 11.2 Å². The maximum absolute atomic E-state index is 11.9. The number of nitrogens with zero attached hydrogens (tertiary/aromatic N) is 4. The minimum Gasteiger partial charge on any atom is -0.374 e. The molecule has 2 N–H and O–H groups in total. The number of thiocarbonyl (C=S) groups is 1. The summed E-state index contributed by atoms with van der Waals surface area (Å²) in [5.74, 6) is -0.416. The summed E-state index contributed by atoms with van der Waals surface area (Å²) in [6, 6.07) is 6.14. The molecule has 0 saturated carbocycles. The number of amides is 1. The first-order chi connectivity index (χ1) is 9.00. The summed E-state index contributed by atoms with van der Waals surface area (Å²) in [5.41, 5.74) is 6.34. The second kappa shape index (κ2) is 5.41. The SMILES string of the molecule is CC1=NN(C(N)=S)C(=O)[C@@H]1N=Nc1ccccc1Cl. The molecule has 0 radical (unpaired) electrons. The van der Waals surface area contributed by atoms with Crippen LogP contribution < -0.4 is 5.73 Å². The van der Waals surface area contributed by atoms with Crippen LogP contribution in [0, 0.1) is 0 Å². The van der Waals surface area contributed by atoms with Crippen LogP contribution in [-0.4, -0.2) is 27.8 Å². The number of hydrazone groups is 1. The van der Waals surface area contributed by atoms with Gasteiger partial charge in [0.25, 0.3) is 5.91 Å². The Morgan fingerprint density at radius 3 is 2.79 bits per heavy atom. The number of carbonyl (C=O) groups is 1. The Kier molecular flexibility index (Phi) is 3.87. The van der Waals surface area contributed by atoms with Gasteiger partial charge in [-0.3, -0.25) is 4.79 Å². The lowest BCUT2D eigenvalue weighted by Gasteiger charge is -2.08. The van der Waals surface area contributed by atoms with E-state index in [1.54, 1.807) is 31.2 Å². The summed E-state index contributed by atoms with van der Waals surface area (Å²) < 4.78 is 0. The third-order valence-corrected chi connectivity index (χ3v) is 2.93. The molecule has 1 heterocycles. The summed E-state index contributed by atoms with van der Waals surface area (Å²) in [6.45, 7) is 1.66. The number of nitrogens with two attached hydrogens (primary N) is 1. The first kappa shape index (κ1) is 13.6. The van der Waals surface area contributed by atoms with Crippen LogP contribution in [0.4, 0.5) is 5.69 Å². The highest BCUT2D eigenvalue weighted by atomic mass is 35.5. The smallest absolute Gasteiger partial charge is 0.282 e. The molecule has 0 aromatic heterocycles. The molecule has 0 aliphatic carbocycles. The van der Waals surface area contributed by atoms with E-state index in [2.05, 4.69) is 15.3 Å². The molecule has 1 aliphatic rings. The van der Waals surface area contributed by atoms with E-state index >= 15 is 0 Å². The van der Waals surface area contributed by atoms with Crippen molar-refractivity contribution >= 4 is 46.2 Å². The molecule has 19 heavy (non-hydrogen) atoms. The zero-order valence-electron chi connectivity index (χ0n) is 9.95. The van der Waals surface area contributed by atoms with Gasteiger partial charge in [0.1, 0.15) is 5.69 Å². The molecule has 0 unspecified atom stereocenters. The van der Waals surface area contributed by atoms with E-state index in [-0.39, 0.29) is 5.11 Å². The van der Waals surface area contributed by atoms with E-state index < -0.39 is 11.9 Å². The van der Waals surface area contributed by atoms with Crippen molar-refractivity contribution in [3.63, 3.8) is 0 Å². The first-order valence-corrected chi connectivity index (χ1v) is 6.13. The third kappa shape index (κ3) is 2.77. The van der Waals surface area contributed by atoms with E-state index in [1.807, 2.05) is 0 Å². The molecule has 0 saturated heterocycles. The van der Waals surface area contributed by atoms with Crippen molar-refractivity contribution in [3.8, 4) is 0 Å². The normalized spacial score (nSPS) is 19.1. The van der Waals surface area contributed by atoms with Gasteiger partial charge in [-0.15, -0.1) is 0 Å². The van der Waals surface area contributed by atoms with Gasteiger partial charge >= 0.3 is 0 Å². The van der Waals surface area contributed by atoms with E-state index in [4.69, 9.17) is 29.6 Å². The molecule has 0 spiro atoms. The molecule has 1 aromatic carbocycles. The highest BCUT2D eigenvalue weighted by Gasteiger charge is 2.35. The monoisotopic (exact) mass is 295 g/mol. The Hall–Kier alpha value is -1.86. The fourth-order valence-electron chi connectivity index (χ4n) is 1.50.